The molecule has 0 aliphatic carbocycles. The second kappa shape index (κ2) is 7.87. The molecule has 1 amide bonds. The van der Waals surface area contributed by atoms with Gasteiger partial charge in [-0.05, 0) is 43.4 Å². The van der Waals surface area contributed by atoms with Crippen molar-refractivity contribution in [2.24, 2.45) is 17.6 Å². The number of benzene rings is 1. The molecule has 0 bridgehead atoms. The number of nitrogens with two attached hydrogens (primary N) is 1. The van der Waals surface area contributed by atoms with Crippen molar-refractivity contribution in [2.75, 3.05) is 11.9 Å². The highest BCUT2D eigenvalue weighted by molar-refractivity contribution is 6.40. The molecule has 3 nitrogen and oxygen atoms in total. The monoisotopic (exact) mass is 316 g/mol. The van der Waals surface area contributed by atoms with Crippen LogP contribution in [0.15, 0.2) is 12.1 Å². The number of nitrogens with one attached hydrogen (secondary N) is 1. The number of aryl methyl sites for hydroxylation is 1. The Bertz CT molecular complexity index is 475. The highest BCUT2D eigenvalue weighted by Gasteiger charge is 2.16. The van der Waals surface area contributed by atoms with Gasteiger partial charge in [0.25, 0.3) is 0 Å². The minimum absolute atomic E-state index is 0.101. The molecular weight excluding hydrogens is 295 g/mol. The molecule has 0 aliphatic rings. The van der Waals surface area contributed by atoms with E-state index in [2.05, 4.69) is 19.2 Å². The summed E-state index contributed by atoms with van der Waals surface area (Å²) in [7, 11) is 0. The average Bonchev–Trinajstić information content (AvgIpc) is 2.38. The zero-order valence-corrected chi connectivity index (χ0v) is 13.7. The van der Waals surface area contributed by atoms with Gasteiger partial charge >= 0.3 is 0 Å². The van der Waals surface area contributed by atoms with Crippen molar-refractivity contribution < 1.29 is 4.79 Å². The Balaban J connectivity index is 2.74. The molecule has 112 valence electrons. The van der Waals surface area contributed by atoms with E-state index in [9.17, 15) is 4.79 Å². The molecule has 0 saturated heterocycles. The summed E-state index contributed by atoms with van der Waals surface area (Å²) >= 11 is 12.2. The van der Waals surface area contributed by atoms with E-state index < -0.39 is 0 Å². The number of halogens is 2. The third-order valence-corrected chi connectivity index (χ3v) is 3.96. The second-order valence-electron chi connectivity index (χ2n) is 5.54. The molecule has 5 heteroatoms. The van der Waals surface area contributed by atoms with Crippen LogP contribution in [0.5, 0.6) is 0 Å². The maximum atomic E-state index is 12.1. The first-order chi connectivity index (χ1) is 9.35. The molecule has 1 aromatic rings. The van der Waals surface area contributed by atoms with Gasteiger partial charge in [-0.1, -0.05) is 43.1 Å². The van der Waals surface area contributed by atoms with Crippen LogP contribution in [0.3, 0.4) is 0 Å². The highest BCUT2D eigenvalue weighted by Crippen LogP contribution is 2.33. The standard InChI is InChI=1S/C15H22Cl2N2O/c1-9(2)6-11(8-18)7-13(20)19-15-12(16)5-4-10(3)14(15)17/h4-5,9,11H,6-8,18H2,1-3H3,(H,19,20). The van der Waals surface area contributed by atoms with Crippen molar-refractivity contribution >= 4 is 34.8 Å². The van der Waals surface area contributed by atoms with Crippen molar-refractivity contribution in [3.63, 3.8) is 0 Å². The zero-order chi connectivity index (χ0) is 15.3. The molecule has 0 saturated carbocycles. The van der Waals surface area contributed by atoms with Gasteiger partial charge < -0.3 is 11.1 Å². The van der Waals surface area contributed by atoms with Crippen molar-refractivity contribution in [2.45, 2.75) is 33.6 Å². The highest BCUT2D eigenvalue weighted by atomic mass is 35.5. The summed E-state index contributed by atoms with van der Waals surface area (Å²) in [6, 6.07) is 3.55. The Morgan fingerprint density at radius 1 is 1.35 bits per heavy atom. The maximum absolute atomic E-state index is 12.1. The Morgan fingerprint density at radius 3 is 2.55 bits per heavy atom. The molecule has 1 aromatic carbocycles. The van der Waals surface area contributed by atoms with Crippen molar-refractivity contribution in [3.8, 4) is 0 Å². The van der Waals surface area contributed by atoms with E-state index in [1.165, 1.54) is 0 Å². The number of carbonyl (C=O) groups excluding carboxylic acids is 1. The van der Waals surface area contributed by atoms with Crippen LogP contribution in [-0.2, 0) is 4.79 Å². The third kappa shape index (κ3) is 4.97. The summed E-state index contributed by atoms with van der Waals surface area (Å²) < 4.78 is 0. The van der Waals surface area contributed by atoms with E-state index in [1.807, 2.05) is 13.0 Å². The van der Waals surface area contributed by atoms with E-state index >= 15 is 0 Å². The molecule has 1 rings (SSSR count). The predicted molar refractivity (Wildman–Crippen MR) is 86.4 cm³/mol. The van der Waals surface area contributed by atoms with Gasteiger partial charge in [0.15, 0.2) is 0 Å². The van der Waals surface area contributed by atoms with Crippen LogP contribution in [0.2, 0.25) is 10.0 Å². The van der Waals surface area contributed by atoms with E-state index in [1.54, 1.807) is 6.07 Å². The summed E-state index contributed by atoms with van der Waals surface area (Å²) in [5.41, 5.74) is 7.08. The fourth-order valence-electron chi connectivity index (χ4n) is 2.15. The molecule has 20 heavy (non-hydrogen) atoms. The van der Waals surface area contributed by atoms with Gasteiger partial charge in [0.2, 0.25) is 5.91 Å². The topological polar surface area (TPSA) is 55.1 Å². The number of amides is 1. The number of hydrogen-bond donors (Lipinski definition) is 2. The van der Waals surface area contributed by atoms with Crippen LogP contribution in [-0.4, -0.2) is 12.5 Å². The van der Waals surface area contributed by atoms with E-state index in [4.69, 9.17) is 28.9 Å². The van der Waals surface area contributed by atoms with Gasteiger partial charge in [0.1, 0.15) is 0 Å². The largest absolute Gasteiger partial charge is 0.330 e. The van der Waals surface area contributed by atoms with Gasteiger partial charge in [-0.2, -0.15) is 0 Å². The first kappa shape index (κ1) is 17.3. The Kier molecular flexibility index (Phi) is 6.80. The molecule has 0 radical (unpaired) electrons. The number of hydrogen-bond acceptors (Lipinski definition) is 2. The molecule has 0 spiro atoms. The predicted octanol–water partition coefficient (Wildman–Crippen LogP) is 4.25. The van der Waals surface area contributed by atoms with Crippen molar-refractivity contribution in [3.05, 3.63) is 27.7 Å². The first-order valence-corrected chi connectivity index (χ1v) is 7.55. The maximum Gasteiger partial charge on any atom is 0.224 e. The molecule has 1 atom stereocenters. The lowest BCUT2D eigenvalue weighted by Gasteiger charge is -2.17. The fourth-order valence-corrected chi connectivity index (χ4v) is 2.62. The first-order valence-electron chi connectivity index (χ1n) is 6.79. The molecule has 0 fully saturated rings. The van der Waals surface area contributed by atoms with E-state index in [-0.39, 0.29) is 11.8 Å². The summed E-state index contributed by atoms with van der Waals surface area (Å²) in [5, 5.41) is 3.73. The minimum Gasteiger partial charge on any atom is -0.330 e. The smallest absolute Gasteiger partial charge is 0.224 e. The lowest BCUT2D eigenvalue weighted by Crippen LogP contribution is -2.23. The Morgan fingerprint density at radius 2 is 2.00 bits per heavy atom. The normalized spacial score (nSPS) is 12.6. The quantitative estimate of drug-likeness (QED) is 0.824. The summed E-state index contributed by atoms with van der Waals surface area (Å²) in [5.74, 6) is 0.593. The molecule has 0 aromatic heterocycles. The van der Waals surface area contributed by atoms with E-state index in [0.29, 0.717) is 34.6 Å². The lowest BCUT2D eigenvalue weighted by molar-refractivity contribution is -0.117. The van der Waals surface area contributed by atoms with Gasteiger partial charge in [0.05, 0.1) is 15.7 Å². The minimum atomic E-state index is -0.101. The van der Waals surface area contributed by atoms with Crippen LogP contribution in [0.25, 0.3) is 0 Å². The Labute approximate surface area is 130 Å². The Hall–Kier alpha value is -0.770. The SMILES string of the molecule is Cc1ccc(Cl)c(NC(=O)CC(CN)CC(C)C)c1Cl. The van der Waals surface area contributed by atoms with Crippen molar-refractivity contribution in [1.82, 2.24) is 0 Å². The molecule has 1 unspecified atom stereocenters. The van der Waals surface area contributed by atoms with Crippen LogP contribution >= 0.6 is 23.2 Å². The lowest BCUT2D eigenvalue weighted by atomic mass is 9.94. The summed E-state index contributed by atoms with van der Waals surface area (Å²) in [6.45, 7) is 6.61. The zero-order valence-electron chi connectivity index (χ0n) is 12.2. The molecule has 0 aliphatic heterocycles. The van der Waals surface area contributed by atoms with Gasteiger partial charge in [-0.3, -0.25) is 4.79 Å². The van der Waals surface area contributed by atoms with Crippen LogP contribution in [0, 0.1) is 18.8 Å². The van der Waals surface area contributed by atoms with Crippen LogP contribution < -0.4 is 11.1 Å². The van der Waals surface area contributed by atoms with Crippen molar-refractivity contribution in [1.29, 1.82) is 0 Å². The average molecular weight is 317 g/mol. The molecular formula is C15H22Cl2N2O. The fraction of sp³-hybridized carbons (Fsp3) is 0.533. The van der Waals surface area contributed by atoms with Gasteiger partial charge in [-0.25, -0.2) is 0 Å². The van der Waals surface area contributed by atoms with Crippen LogP contribution in [0.1, 0.15) is 32.3 Å². The van der Waals surface area contributed by atoms with E-state index in [0.717, 1.165) is 12.0 Å². The number of carbonyl (C=O) groups is 1. The molecule has 3 N–H and O–H groups in total. The third-order valence-electron chi connectivity index (χ3n) is 3.16. The number of rotatable bonds is 6. The summed E-state index contributed by atoms with van der Waals surface area (Å²) in [4.78, 5) is 12.1. The summed E-state index contributed by atoms with van der Waals surface area (Å²) in [6.07, 6.45) is 1.31. The van der Waals surface area contributed by atoms with Gasteiger partial charge in [-0.15, -0.1) is 0 Å². The molecule has 0 heterocycles. The van der Waals surface area contributed by atoms with Gasteiger partial charge in [0, 0.05) is 6.42 Å². The number of anilines is 1. The second-order valence-corrected chi connectivity index (χ2v) is 6.32. The van der Waals surface area contributed by atoms with Crippen LogP contribution in [0.4, 0.5) is 5.69 Å².